The minimum Gasteiger partial charge on any atom is -0.398 e. The molecule has 2 aliphatic rings. The highest BCUT2D eigenvalue weighted by atomic mass is 19.4. The molecule has 2 N–H and O–H groups in total. The molecule has 1 aliphatic carbocycles. The number of anilines is 1. The third kappa shape index (κ3) is 1.35. The number of hydrogen-bond donors (Lipinski definition) is 1. The number of halogens is 3. The second kappa shape index (κ2) is 3.28. The first-order chi connectivity index (χ1) is 8.79. The van der Waals surface area contributed by atoms with E-state index in [1.165, 1.54) is 18.2 Å². The maximum Gasteiger partial charge on any atom is 0.412 e. The smallest absolute Gasteiger partial charge is 0.398 e. The van der Waals surface area contributed by atoms with Gasteiger partial charge >= 0.3 is 6.18 Å². The number of hydrogen-bond acceptors (Lipinski definition) is 3. The maximum atomic E-state index is 13.0. The van der Waals surface area contributed by atoms with E-state index >= 15 is 0 Å². The van der Waals surface area contributed by atoms with Crippen molar-refractivity contribution in [3.63, 3.8) is 0 Å². The van der Waals surface area contributed by atoms with Crippen molar-refractivity contribution in [2.45, 2.75) is 24.6 Å². The van der Waals surface area contributed by atoms with Crippen molar-refractivity contribution in [3.05, 3.63) is 29.3 Å². The van der Waals surface area contributed by atoms with Crippen LogP contribution in [0.1, 0.15) is 33.6 Å². The minimum absolute atomic E-state index is 0.0244. The highest BCUT2D eigenvalue weighted by molar-refractivity contribution is 6.24. The number of benzene rings is 1. The molecule has 0 aromatic heterocycles. The average molecular weight is 270 g/mol. The zero-order valence-corrected chi connectivity index (χ0v) is 9.62. The molecule has 1 aromatic rings. The van der Waals surface area contributed by atoms with Gasteiger partial charge in [0.15, 0.2) is 0 Å². The fourth-order valence-corrected chi connectivity index (χ4v) is 2.45. The monoisotopic (exact) mass is 270 g/mol. The lowest BCUT2D eigenvalue weighted by atomic mass is 10.1. The van der Waals surface area contributed by atoms with Crippen LogP contribution in [0.2, 0.25) is 0 Å². The Morgan fingerprint density at radius 3 is 2.26 bits per heavy atom. The number of carbonyl (C=O) groups is 2. The SMILES string of the molecule is Nc1cccc2c1C(=O)N(C1(C(F)(F)F)CC1)C2=O. The van der Waals surface area contributed by atoms with Crippen LogP contribution in [0.3, 0.4) is 0 Å². The van der Waals surface area contributed by atoms with Crippen LogP contribution in [0.25, 0.3) is 0 Å². The standard InChI is InChI=1S/C12H9F3N2O2/c13-12(14,15)11(4-5-11)17-9(18)6-2-1-3-7(16)8(6)10(17)19/h1-3H,4-5,16H2. The molecule has 1 aromatic carbocycles. The van der Waals surface area contributed by atoms with Crippen molar-refractivity contribution in [3.8, 4) is 0 Å². The van der Waals surface area contributed by atoms with Crippen LogP contribution < -0.4 is 5.73 Å². The number of amides is 2. The molecule has 100 valence electrons. The van der Waals surface area contributed by atoms with Crippen molar-refractivity contribution in [1.29, 1.82) is 0 Å². The fraction of sp³-hybridized carbons (Fsp3) is 0.333. The van der Waals surface area contributed by atoms with Gasteiger partial charge in [-0.05, 0) is 25.0 Å². The Morgan fingerprint density at radius 2 is 1.79 bits per heavy atom. The van der Waals surface area contributed by atoms with E-state index in [1.807, 2.05) is 0 Å². The van der Waals surface area contributed by atoms with Gasteiger partial charge < -0.3 is 5.73 Å². The number of alkyl halides is 3. The summed E-state index contributed by atoms with van der Waals surface area (Å²) in [5.74, 6) is -1.87. The molecule has 0 spiro atoms. The quantitative estimate of drug-likeness (QED) is 0.626. The van der Waals surface area contributed by atoms with Crippen LogP contribution in [-0.2, 0) is 0 Å². The number of carbonyl (C=O) groups excluding carboxylic acids is 2. The van der Waals surface area contributed by atoms with Crippen LogP contribution in [0.15, 0.2) is 18.2 Å². The Balaban J connectivity index is 2.12. The Morgan fingerprint density at radius 1 is 1.16 bits per heavy atom. The fourth-order valence-electron chi connectivity index (χ4n) is 2.45. The van der Waals surface area contributed by atoms with E-state index in [9.17, 15) is 22.8 Å². The lowest BCUT2D eigenvalue weighted by molar-refractivity contribution is -0.181. The van der Waals surface area contributed by atoms with Gasteiger partial charge in [0.2, 0.25) is 0 Å². The topological polar surface area (TPSA) is 63.4 Å². The van der Waals surface area contributed by atoms with E-state index in [0.29, 0.717) is 4.90 Å². The Kier molecular flexibility index (Phi) is 2.08. The van der Waals surface area contributed by atoms with Crippen LogP contribution in [-0.4, -0.2) is 28.4 Å². The molecular formula is C12H9F3N2O2. The summed E-state index contributed by atoms with van der Waals surface area (Å²) in [6.07, 6.45) is -5.11. The second-order valence-electron chi connectivity index (χ2n) is 4.74. The van der Waals surface area contributed by atoms with Crippen LogP contribution in [0.4, 0.5) is 18.9 Å². The molecule has 19 heavy (non-hydrogen) atoms. The van der Waals surface area contributed by atoms with Gasteiger partial charge in [-0.15, -0.1) is 0 Å². The molecule has 1 aliphatic heterocycles. The molecule has 3 rings (SSSR count). The van der Waals surface area contributed by atoms with Crippen molar-refractivity contribution >= 4 is 17.5 Å². The lowest BCUT2D eigenvalue weighted by Crippen LogP contribution is -2.51. The van der Waals surface area contributed by atoms with E-state index in [1.54, 1.807) is 0 Å². The van der Waals surface area contributed by atoms with Gasteiger partial charge in [-0.3, -0.25) is 14.5 Å². The predicted molar refractivity (Wildman–Crippen MR) is 59.4 cm³/mol. The van der Waals surface area contributed by atoms with E-state index in [4.69, 9.17) is 5.73 Å². The Labute approximate surface area is 106 Å². The number of rotatable bonds is 1. The lowest BCUT2D eigenvalue weighted by Gasteiger charge is -2.28. The van der Waals surface area contributed by atoms with Gasteiger partial charge in [0.05, 0.1) is 11.1 Å². The summed E-state index contributed by atoms with van der Waals surface area (Å²) in [7, 11) is 0. The van der Waals surface area contributed by atoms with Gasteiger partial charge in [-0.2, -0.15) is 13.2 Å². The van der Waals surface area contributed by atoms with Crippen molar-refractivity contribution in [2.24, 2.45) is 0 Å². The van der Waals surface area contributed by atoms with Gasteiger partial charge in [0.25, 0.3) is 11.8 Å². The third-order valence-electron chi connectivity index (χ3n) is 3.63. The van der Waals surface area contributed by atoms with Crippen molar-refractivity contribution in [1.82, 2.24) is 4.90 Å². The number of nitrogen functional groups attached to an aromatic ring is 1. The molecule has 0 unspecified atom stereocenters. The first kappa shape index (κ1) is 12.0. The number of fused-ring (bicyclic) bond motifs is 1. The molecule has 0 atom stereocenters. The van der Waals surface area contributed by atoms with Gasteiger partial charge in [0.1, 0.15) is 5.54 Å². The number of nitrogens with two attached hydrogens (primary N) is 1. The Bertz CT molecular complexity index is 605. The third-order valence-corrected chi connectivity index (χ3v) is 3.63. The number of nitrogens with zero attached hydrogens (tertiary/aromatic N) is 1. The summed E-state index contributed by atoms with van der Waals surface area (Å²) in [5.41, 5.74) is 3.08. The normalized spacial score (nSPS) is 20.7. The Hall–Kier alpha value is -2.05. The maximum absolute atomic E-state index is 13.0. The summed E-state index contributed by atoms with van der Waals surface area (Å²) in [6, 6.07) is 4.15. The molecule has 7 heteroatoms. The first-order valence-corrected chi connectivity index (χ1v) is 5.64. The molecule has 1 heterocycles. The number of imide groups is 1. The van der Waals surface area contributed by atoms with E-state index < -0.39 is 23.5 Å². The minimum atomic E-state index is -4.62. The highest BCUT2D eigenvalue weighted by Crippen LogP contribution is 2.55. The first-order valence-electron chi connectivity index (χ1n) is 5.64. The van der Waals surface area contributed by atoms with E-state index in [2.05, 4.69) is 0 Å². The largest absolute Gasteiger partial charge is 0.412 e. The molecule has 0 bridgehead atoms. The molecule has 1 saturated carbocycles. The molecule has 0 saturated heterocycles. The second-order valence-corrected chi connectivity index (χ2v) is 4.74. The molecule has 1 fully saturated rings. The summed E-state index contributed by atoms with van der Waals surface area (Å²) < 4.78 is 39.1. The molecule has 0 radical (unpaired) electrons. The summed E-state index contributed by atoms with van der Waals surface area (Å²) in [5, 5.41) is 0. The van der Waals surface area contributed by atoms with Crippen LogP contribution in [0.5, 0.6) is 0 Å². The zero-order chi connectivity index (χ0) is 14.0. The van der Waals surface area contributed by atoms with Gasteiger partial charge in [-0.1, -0.05) is 6.07 Å². The van der Waals surface area contributed by atoms with Gasteiger partial charge in [0, 0.05) is 5.69 Å². The summed E-state index contributed by atoms with van der Waals surface area (Å²) in [4.78, 5) is 24.5. The van der Waals surface area contributed by atoms with E-state index in [0.717, 1.165) is 0 Å². The molecule has 4 nitrogen and oxygen atoms in total. The van der Waals surface area contributed by atoms with Crippen LogP contribution in [0, 0.1) is 0 Å². The van der Waals surface area contributed by atoms with Crippen molar-refractivity contribution < 1.29 is 22.8 Å². The zero-order valence-electron chi connectivity index (χ0n) is 9.62. The highest BCUT2D eigenvalue weighted by Gasteiger charge is 2.71. The summed E-state index contributed by atoms with van der Waals surface area (Å²) >= 11 is 0. The molecular weight excluding hydrogens is 261 g/mol. The van der Waals surface area contributed by atoms with Crippen LogP contribution >= 0.6 is 0 Å². The van der Waals surface area contributed by atoms with Gasteiger partial charge in [-0.25, -0.2) is 0 Å². The van der Waals surface area contributed by atoms with Crippen molar-refractivity contribution in [2.75, 3.05) is 5.73 Å². The molecule has 2 amide bonds. The average Bonchev–Trinajstić information content (AvgIpc) is 3.05. The predicted octanol–water partition coefficient (Wildman–Crippen LogP) is 1.96. The van der Waals surface area contributed by atoms with E-state index in [-0.39, 0.29) is 29.7 Å². The summed E-state index contributed by atoms with van der Waals surface area (Å²) in [6.45, 7) is 0.